The van der Waals surface area contributed by atoms with Gasteiger partial charge in [0.05, 0.1) is 39.9 Å². The van der Waals surface area contributed by atoms with Gasteiger partial charge in [0.1, 0.15) is 12.3 Å². The Balaban J connectivity index is 1.92. The molecule has 0 unspecified atom stereocenters. The Labute approximate surface area is 188 Å². The number of hydrogen-bond acceptors (Lipinski definition) is 6. The maximum atomic E-state index is 12.7. The summed E-state index contributed by atoms with van der Waals surface area (Å²) >= 11 is 12.0. The third kappa shape index (κ3) is 4.67. The van der Waals surface area contributed by atoms with E-state index in [4.69, 9.17) is 27.9 Å². The molecule has 2 aromatic carbocycles. The van der Waals surface area contributed by atoms with Crippen molar-refractivity contribution >= 4 is 55.7 Å². The number of nitrogens with one attached hydrogen (secondary N) is 1. The molecule has 0 saturated heterocycles. The van der Waals surface area contributed by atoms with Gasteiger partial charge in [0.15, 0.2) is 0 Å². The molecule has 0 aliphatic carbocycles. The van der Waals surface area contributed by atoms with E-state index in [0.717, 1.165) is 8.87 Å². The van der Waals surface area contributed by atoms with Gasteiger partial charge in [-0.05, 0) is 30.3 Å². The molecule has 9 nitrogen and oxygen atoms in total. The van der Waals surface area contributed by atoms with Crippen molar-refractivity contribution < 1.29 is 17.9 Å². The van der Waals surface area contributed by atoms with Crippen molar-refractivity contribution in [2.24, 2.45) is 0 Å². The van der Waals surface area contributed by atoms with Gasteiger partial charge < -0.3 is 10.1 Å². The lowest BCUT2D eigenvalue weighted by atomic mass is 10.2. The van der Waals surface area contributed by atoms with Crippen molar-refractivity contribution in [3.63, 3.8) is 0 Å². The highest BCUT2D eigenvalue weighted by Gasteiger charge is 2.20. The van der Waals surface area contributed by atoms with Gasteiger partial charge in [0, 0.05) is 19.1 Å². The zero-order valence-corrected chi connectivity index (χ0v) is 19.0. The number of fused-ring (bicyclic) bond motifs is 1. The van der Waals surface area contributed by atoms with Crippen LogP contribution in [0, 0.1) is 0 Å². The summed E-state index contributed by atoms with van der Waals surface area (Å²) in [7, 11) is 0.460. The maximum Gasteiger partial charge on any atom is 0.261 e. The summed E-state index contributed by atoms with van der Waals surface area (Å²) in [4.78, 5) is 29.4. The van der Waals surface area contributed by atoms with E-state index in [-0.39, 0.29) is 43.8 Å². The minimum absolute atomic E-state index is 0.0255. The quantitative estimate of drug-likeness (QED) is 0.575. The second-order valence-corrected chi connectivity index (χ2v) is 9.65. The van der Waals surface area contributed by atoms with E-state index in [1.807, 2.05) is 0 Å². The predicted molar refractivity (Wildman–Crippen MR) is 119 cm³/mol. The molecule has 3 aromatic rings. The number of methoxy groups -OCH3 is 1. The Morgan fingerprint density at radius 1 is 1.23 bits per heavy atom. The number of benzene rings is 2. The maximum absolute atomic E-state index is 12.7. The Bertz CT molecular complexity index is 1340. The van der Waals surface area contributed by atoms with E-state index >= 15 is 0 Å². The van der Waals surface area contributed by atoms with Gasteiger partial charge in [-0.3, -0.25) is 14.2 Å². The number of carbonyl (C=O) groups excluding carboxylic acids is 1. The van der Waals surface area contributed by atoms with Gasteiger partial charge in [-0.1, -0.05) is 23.2 Å². The lowest BCUT2D eigenvalue weighted by molar-refractivity contribution is -0.116. The lowest BCUT2D eigenvalue weighted by Gasteiger charge is -2.15. The van der Waals surface area contributed by atoms with Crippen LogP contribution in [0.2, 0.25) is 10.0 Å². The number of sulfonamides is 1. The molecule has 0 aliphatic heterocycles. The molecule has 0 radical (unpaired) electrons. The van der Waals surface area contributed by atoms with Crippen LogP contribution in [0.5, 0.6) is 5.75 Å². The topological polar surface area (TPSA) is 111 Å². The molecule has 0 bridgehead atoms. The fourth-order valence-corrected chi connectivity index (χ4v) is 4.28. The monoisotopic (exact) mass is 484 g/mol. The Morgan fingerprint density at radius 3 is 2.58 bits per heavy atom. The Hall–Kier alpha value is -2.66. The second kappa shape index (κ2) is 8.83. The van der Waals surface area contributed by atoms with Crippen LogP contribution in [0.15, 0.2) is 46.3 Å². The van der Waals surface area contributed by atoms with E-state index in [9.17, 15) is 18.0 Å². The first-order chi connectivity index (χ1) is 14.5. The van der Waals surface area contributed by atoms with Crippen LogP contribution in [0.1, 0.15) is 0 Å². The molecule has 1 aromatic heterocycles. The first-order valence-corrected chi connectivity index (χ1v) is 11.0. The third-order valence-corrected chi connectivity index (χ3v) is 6.70. The first kappa shape index (κ1) is 23.0. The summed E-state index contributed by atoms with van der Waals surface area (Å²) in [6, 6.07) is 6.98. The molecule has 0 saturated carbocycles. The van der Waals surface area contributed by atoms with Gasteiger partial charge in [-0.25, -0.2) is 17.7 Å². The van der Waals surface area contributed by atoms with Gasteiger partial charge in [0.2, 0.25) is 15.9 Å². The van der Waals surface area contributed by atoms with E-state index in [1.54, 1.807) is 0 Å². The SMILES string of the molecule is COc1ccc(S(=O)(=O)N(C)C)cc1NC(=O)Cn1cnc2c(Cl)cc(Cl)cc2c1=O. The molecule has 0 atom stereocenters. The number of rotatable bonds is 6. The molecule has 31 heavy (non-hydrogen) atoms. The highest BCUT2D eigenvalue weighted by Crippen LogP contribution is 2.28. The number of nitrogens with zero attached hydrogens (tertiary/aromatic N) is 3. The molecule has 3 rings (SSSR count). The zero-order chi connectivity index (χ0) is 22.9. The van der Waals surface area contributed by atoms with Crippen LogP contribution in [0.4, 0.5) is 5.69 Å². The zero-order valence-electron chi connectivity index (χ0n) is 16.7. The van der Waals surface area contributed by atoms with Crippen molar-refractivity contribution in [2.75, 3.05) is 26.5 Å². The summed E-state index contributed by atoms with van der Waals surface area (Å²) in [5.41, 5.74) is -0.0836. The molecule has 164 valence electrons. The molecule has 1 amide bonds. The Kier molecular flexibility index (Phi) is 6.56. The lowest BCUT2D eigenvalue weighted by Crippen LogP contribution is -2.28. The highest BCUT2D eigenvalue weighted by atomic mass is 35.5. The average molecular weight is 485 g/mol. The minimum atomic E-state index is -3.72. The predicted octanol–water partition coefficient (Wildman–Crippen LogP) is 2.60. The largest absolute Gasteiger partial charge is 0.495 e. The summed E-state index contributed by atoms with van der Waals surface area (Å²) in [6.07, 6.45) is 1.20. The van der Waals surface area contributed by atoms with Crippen molar-refractivity contribution in [2.45, 2.75) is 11.4 Å². The van der Waals surface area contributed by atoms with E-state index in [1.165, 1.54) is 57.9 Å². The second-order valence-electron chi connectivity index (χ2n) is 6.66. The summed E-state index contributed by atoms with van der Waals surface area (Å²) < 4.78 is 32.1. The number of halogens is 2. The van der Waals surface area contributed by atoms with Crippen LogP contribution >= 0.6 is 23.2 Å². The smallest absolute Gasteiger partial charge is 0.261 e. The Morgan fingerprint density at radius 2 is 1.94 bits per heavy atom. The molecule has 0 aliphatic rings. The number of ether oxygens (including phenoxy) is 1. The number of aromatic nitrogens is 2. The van der Waals surface area contributed by atoms with Crippen molar-refractivity contribution in [1.29, 1.82) is 0 Å². The normalized spacial score (nSPS) is 11.7. The minimum Gasteiger partial charge on any atom is -0.495 e. The van der Waals surface area contributed by atoms with E-state index in [0.29, 0.717) is 0 Å². The fraction of sp³-hybridized carbons (Fsp3) is 0.211. The van der Waals surface area contributed by atoms with Crippen LogP contribution in [0.3, 0.4) is 0 Å². The van der Waals surface area contributed by atoms with Crippen LogP contribution in [-0.4, -0.2) is 49.4 Å². The number of carbonyl (C=O) groups is 1. The number of amides is 1. The molecular weight excluding hydrogens is 467 g/mol. The number of hydrogen-bond donors (Lipinski definition) is 1. The molecular formula is C19H18Cl2N4O5S. The van der Waals surface area contributed by atoms with Crippen molar-refractivity contribution in [1.82, 2.24) is 13.9 Å². The van der Waals surface area contributed by atoms with Gasteiger partial charge in [-0.15, -0.1) is 0 Å². The molecule has 0 spiro atoms. The highest BCUT2D eigenvalue weighted by molar-refractivity contribution is 7.89. The van der Waals surface area contributed by atoms with Crippen LogP contribution in [0.25, 0.3) is 10.9 Å². The standard InChI is InChI=1S/C19H18Cl2N4O5S/c1-24(2)31(28,29)12-4-5-16(30-3)15(8-12)23-17(26)9-25-10-22-18-13(19(25)27)6-11(20)7-14(18)21/h4-8,10H,9H2,1-3H3,(H,23,26). The molecule has 12 heteroatoms. The van der Waals surface area contributed by atoms with Crippen molar-refractivity contribution in [3.8, 4) is 5.75 Å². The third-order valence-electron chi connectivity index (χ3n) is 4.38. The van der Waals surface area contributed by atoms with Crippen LogP contribution in [-0.2, 0) is 21.4 Å². The van der Waals surface area contributed by atoms with Crippen molar-refractivity contribution in [3.05, 3.63) is 57.1 Å². The average Bonchev–Trinajstić information content (AvgIpc) is 2.70. The van der Waals surface area contributed by atoms with E-state index in [2.05, 4.69) is 10.3 Å². The molecule has 1 N–H and O–H groups in total. The van der Waals surface area contributed by atoms with E-state index < -0.39 is 21.5 Å². The van der Waals surface area contributed by atoms with Crippen LogP contribution < -0.4 is 15.6 Å². The fourth-order valence-electron chi connectivity index (χ4n) is 2.81. The van der Waals surface area contributed by atoms with Gasteiger partial charge in [0.25, 0.3) is 5.56 Å². The molecule has 0 fully saturated rings. The molecule has 1 heterocycles. The van der Waals surface area contributed by atoms with Gasteiger partial charge in [-0.2, -0.15) is 0 Å². The first-order valence-electron chi connectivity index (χ1n) is 8.79. The summed E-state index contributed by atoms with van der Waals surface area (Å²) in [5, 5.41) is 3.23. The van der Waals surface area contributed by atoms with Gasteiger partial charge >= 0.3 is 0 Å². The summed E-state index contributed by atoms with van der Waals surface area (Å²) in [5.74, 6) is -0.331. The summed E-state index contributed by atoms with van der Waals surface area (Å²) in [6.45, 7) is -0.375. The number of anilines is 1.